The first-order valence-corrected chi connectivity index (χ1v) is 9.56. The van der Waals surface area contributed by atoms with E-state index in [0.717, 1.165) is 51.4 Å². The van der Waals surface area contributed by atoms with Crippen molar-refractivity contribution in [2.75, 3.05) is 37.6 Å². The molecule has 1 aromatic heterocycles. The first-order chi connectivity index (χ1) is 12.3. The van der Waals surface area contributed by atoms with Crippen molar-refractivity contribution in [3.05, 3.63) is 47.5 Å². The summed E-state index contributed by atoms with van der Waals surface area (Å²) in [6.45, 7) is 6.47. The zero-order valence-corrected chi connectivity index (χ0v) is 14.8. The lowest BCUT2D eigenvalue weighted by Crippen LogP contribution is -2.46. The van der Waals surface area contributed by atoms with Crippen molar-refractivity contribution in [3.8, 4) is 0 Å². The molecule has 0 N–H and O–H groups in total. The SMILES string of the molecule is Fc1ccc(N2CCN(CCCc3cnn4c3CCCC4)CC2)cc1. The van der Waals surface area contributed by atoms with Crippen LogP contribution in [0.25, 0.3) is 0 Å². The van der Waals surface area contributed by atoms with Gasteiger partial charge in [-0.3, -0.25) is 9.58 Å². The topological polar surface area (TPSA) is 24.3 Å². The highest BCUT2D eigenvalue weighted by Crippen LogP contribution is 2.20. The summed E-state index contributed by atoms with van der Waals surface area (Å²) in [5.74, 6) is -0.162. The number of piperazine rings is 1. The third kappa shape index (κ3) is 3.87. The van der Waals surface area contributed by atoms with Crippen LogP contribution in [-0.2, 0) is 19.4 Å². The molecule has 5 heteroatoms. The number of aryl methyl sites for hydroxylation is 2. The monoisotopic (exact) mass is 342 g/mol. The van der Waals surface area contributed by atoms with Gasteiger partial charge in [0.1, 0.15) is 5.82 Å². The largest absolute Gasteiger partial charge is 0.369 e. The van der Waals surface area contributed by atoms with Crippen LogP contribution in [0.15, 0.2) is 30.5 Å². The molecule has 134 valence electrons. The minimum absolute atomic E-state index is 0.162. The predicted octanol–water partition coefficient (Wildman–Crippen LogP) is 3.11. The lowest BCUT2D eigenvalue weighted by Gasteiger charge is -2.36. The van der Waals surface area contributed by atoms with E-state index in [4.69, 9.17) is 0 Å². The summed E-state index contributed by atoms with van der Waals surface area (Å²) in [6.07, 6.45) is 8.22. The van der Waals surface area contributed by atoms with Crippen LogP contribution in [0.1, 0.15) is 30.5 Å². The Labute approximate surface area is 149 Å². The van der Waals surface area contributed by atoms with Gasteiger partial charge in [0.25, 0.3) is 0 Å². The van der Waals surface area contributed by atoms with E-state index in [9.17, 15) is 4.39 Å². The molecule has 0 radical (unpaired) electrons. The number of hydrogen-bond acceptors (Lipinski definition) is 3. The van der Waals surface area contributed by atoms with Crippen molar-refractivity contribution in [3.63, 3.8) is 0 Å². The van der Waals surface area contributed by atoms with Crippen LogP contribution in [0.2, 0.25) is 0 Å². The third-order valence-corrected chi connectivity index (χ3v) is 5.55. The van der Waals surface area contributed by atoms with Crippen LogP contribution in [0.4, 0.5) is 10.1 Å². The summed E-state index contributed by atoms with van der Waals surface area (Å²) in [7, 11) is 0. The predicted molar refractivity (Wildman–Crippen MR) is 98.5 cm³/mol. The number of nitrogens with zero attached hydrogens (tertiary/aromatic N) is 4. The summed E-state index contributed by atoms with van der Waals surface area (Å²) >= 11 is 0. The fourth-order valence-electron chi connectivity index (χ4n) is 4.07. The lowest BCUT2D eigenvalue weighted by atomic mass is 10.0. The Bertz CT molecular complexity index is 686. The molecule has 2 aliphatic heterocycles. The molecule has 0 amide bonds. The van der Waals surface area contributed by atoms with Gasteiger partial charge in [0.2, 0.25) is 0 Å². The van der Waals surface area contributed by atoms with Gasteiger partial charge in [0.05, 0.1) is 6.20 Å². The maximum Gasteiger partial charge on any atom is 0.123 e. The second-order valence-electron chi connectivity index (χ2n) is 7.21. The number of aromatic nitrogens is 2. The van der Waals surface area contributed by atoms with Gasteiger partial charge < -0.3 is 4.90 Å². The van der Waals surface area contributed by atoms with Gasteiger partial charge in [0, 0.05) is 44.1 Å². The Balaban J connectivity index is 1.23. The Morgan fingerprint density at radius 3 is 2.56 bits per heavy atom. The molecule has 2 aromatic rings. The van der Waals surface area contributed by atoms with Gasteiger partial charge in [-0.25, -0.2) is 4.39 Å². The molecule has 0 aliphatic carbocycles. The summed E-state index contributed by atoms with van der Waals surface area (Å²) in [5.41, 5.74) is 4.07. The molecular weight excluding hydrogens is 315 g/mol. The Morgan fingerprint density at radius 1 is 0.960 bits per heavy atom. The fraction of sp³-hybridized carbons (Fsp3) is 0.550. The highest BCUT2D eigenvalue weighted by molar-refractivity contribution is 5.46. The lowest BCUT2D eigenvalue weighted by molar-refractivity contribution is 0.255. The van der Waals surface area contributed by atoms with Crippen LogP contribution in [0.3, 0.4) is 0 Å². The third-order valence-electron chi connectivity index (χ3n) is 5.55. The van der Waals surface area contributed by atoms with E-state index in [1.54, 1.807) is 12.1 Å². The van der Waals surface area contributed by atoms with E-state index in [-0.39, 0.29) is 5.82 Å². The molecule has 0 unspecified atom stereocenters. The zero-order valence-electron chi connectivity index (χ0n) is 14.8. The van der Waals surface area contributed by atoms with Gasteiger partial charge in [-0.2, -0.15) is 5.10 Å². The normalized spacial score (nSPS) is 18.4. The number of halogens is 1. The number of hydrogen-bond donors (Lipinski definition) is 0. The Morgan fingerprint density at radius 2 is 1.76 bits per heavy atom. The van der Waals surface area contributed by atoms with Crippen LogP contribution in [0.5, 0.6) is 0 Å². The van der Waals surface area contributed by atoms with E-state index < -0.39 is 0 Å². The van der Waals surface area contributed by atoms with Crippen LogP contribution >= 0.6 is 0 Å². The molecule has 0 spiro atoms. The number of fused-ring (bicyclic) bond motifs is 1. The maximum atomic E-state index is 13.0. The molecule has 25 heavy (non-hydrogen) atoms. The Kier molecular flexibility index (Phi) is 5.02. The van der Waals surface area contributed by atoms with Crippen molar-refractivity contribution >= 4 is 5.69 Å². The van der Waals surface area contributed by atoms with Crippen molar-refractivity contribution in [2.45, 2.75) is 38.6 Å². The van der Waals surface area contributed by atoms with Crippen molar-refractivity contribution < 1.29 is 4.39 Å². The second kappa shape index (κ2) is 7.56. The molecule has 1 aromatic carbocycles. The molecule has 2 aliphatic rings. The van der Waals surface area contributed by atoms with Crippen molar-refractivity contribution in [1.82, 2.24) is 14.7 Å². The summed E-state index contributed by atoms with van der Waals surface area (Å²) in [4.78, 5) is 4.90. The molecule has 1 saturated heterocycles. The highest BCUT2D eigenvalue weighted by atomic mass is 19.1. The van der Waals surface area contributed by atoms with E-state index in [2.05, 4.69) is 25.8 Å². The molecular formula is C20H27FN4. The molecule has 0 atom stereocenters. The number of rotatable bonds is 5. The van der Waals surface area contributed by atoms with Crippen LogP contribution < -0.4 is 4.90 Å². The van der Waals surface area contributed by atoms with Crippen molar-refractivity contribution in [1.29, 1.82) is 0 Å². The van der Waals surface area contributed by atoms with Crippen LogP contribution in [-0.4, -0.2) is 47.4 Å². The molecule has 1 fully saturated rings. The number of benzene rings is 1. The van der Waals surface area contributed by atoms with Gasteiger partial charge in [-0.1, -0.05) is 0 Å². The first-order valence-electron chi connectivity index (χ1n) is 9.56. The van der Waals surface area contributed by atoms with E-state index in [1.165, 1.54) is 36.9 Å². The molecule has 0 bridgehead atoms. The summed E-state index contributed by atoms with van der Waals surface area (Å²) < 4.78 is 15.3. The standard InChI is InChI=1S/C20H27FN4/c21-18-6-8-19(9-7-18)24-14-12-23(13-15-24)10-3-4-17-16-22-25-11-2-1-5-20(17)25/h6-9,16H,1-5,10-15H2. The molecule has 3 heterocycles. The van der Waals surface area contributed by atoms with Gasteiger partial charge in [0.15, 0.2) is 0 Å². The average Bonchev–Trinajstić information content (AvgIpc) is 3.06. The maximum absolute atomic E-state index is 13.0. The highest BCUT2D eigenvalue weighted by Gasteiger charge is 2.18. The quantitative estimate of drug-likeness (QED) is 0.834. The summed E-state index contributed by atoms with van der Waals surface area (Å²) in [5, 5.41) is 4.54. The smallest absolute Gasteiger partial charge is 0.123 e. The van der Waals surface area contributed by atoms with Crippen molar-refractivity contribution in [2.24, 2.45) is 0 Å². The van der Waals surface area contributed by atoms with E-state index in [0.29, 0.717) is 0 Å². The Hall–Kier alpha value is -1.88. The minimum atomic E-state index is -0.162. The van der Waals surface area contributed by atoms with Crippen LogP contribution in [0, 0.1) is 5.82 Å². The molecule has 4 rings (SSSR count). The zero-order chi connectivity index (χ0) is 17.1. The fourth-order valence-corrected chi connectivity index (χ4v) is 4.07. The van der Waals surface area contributed by atoms with Gasteiger partial charge >= 0.3 is 0 Å². The molecule has 0 saturated carbocycles. The van der Waals surface area contributed by atoms with Gasteiger partial charge in [-0.05, 0) is 68.5 Å². The number of anilines is 1. The summed E-state index contributed by atoms with van der Waals surface area (Å²) in [6, 6.07) is 6.87. The average molecular weight is 342 g/mol. The first kappa shape index (κ1) is 16.6. The van der Waals surface area contributed by atoms with E-state index in [1.807, 2.05) is 12.1 Å². The minimum Gasteiger partial charge on any atom is -0.369 e. The van der Waals surface area contributed by atoms with E-state index >= 15 is 0 Å². The second-order valence-corrected chi connectivity index (χ2v) is 7.21. The van der Waals surface area contributed by atoms with Gasteiger partial charge in [-0.15, -0.1) is 0 Å². The molecule has 4 nitrogen and oxygen atoms in total.